The summed E-state index contributed by atoms with van der Waals surface area (Å²) in [5.41, 5.74) is 0.700. The van der Waals surface area contributed by atoms with Crippen LogP contribution in [0.3, 0.4) is 0 Å². The number of aromatic nitrogens is 1. The van der Waals surface area contributed by atoms with Gasteiger partial charge in [0.15, 0.2) is 5.78 Å². The van der Waals surface area contributed by atoms with Crippen LogP contribution in [0.15, 0.2) is 24.5 Å². The Balaban J connectivity index is 2.25. The zero-order chi connectivity index (χ0) is 14.3. The van der Waals surface area contributed by atoms with Crippen LogP contribution in [0.5, 0.6) is 0 Å². The largest absolute Gasteiger partial charge is 0.458 e. The molecule has 0 bridgehead atoms. The fraction of sp³-hybridized carbons (Fsp3) is 0.417. The van der Waals surface area contributed by atoms with Crippen molar-refractivity contribution < 1.29 is 27.5 Å². The smallest absolute Gasteiger partial charge is 0.389 e. The van der Waals surface area contributed by atoms with Gasteiger partial charge in [-0.05, 0) is 17.7 Å². The molecule has 0 saturated carbocycles. The fourth-order valence-electron chi connectivity index (χ4n) is 1.26. The van der Waals surface area contributed by atoms with Gasteiger partial charge in [-0.1, -0.05) is 0 Å². The van der Waals surface area contributed by atoms with Gasteiger partial charge in [0.2, 0.25) is 0 Å². The number of hydrogen-bond acceptors (Lipinski definition) is 4. The molecule has 0 radical (unpaired) electrons. The maximum Gasteiger partial charge on any atom is 0.389 e. The Hall–Kier alpha value is -1.92. The van der Waals surface area contributed by atoms with Crippen molar-refractivity contribution in [2.75, 3.05) is 6.61 Å². The molecule has 1 aromatic rings. The summed E-state index contributed by atoms with van der Waals surface area (Å²) in [7, 11) is 0. The van der Waals surface area contributed by atoms with Crippen LogP contribution in [0.25, 0.3) is 0 Å². The summed E-state index contributed by atoms with van der Waals surface area (Å²) in [6.45, 7) is -0.515. The molecule has 1 rings (SSSR count). The van der Waals surface area contributed by atoms with Crippen LogP contribution in [0.4, 0.5) is 13.2 Å². The maximum absolute atomic E-state index is 11.8. The lowest BCUT2D eigenvalue weighted by Gasteiger charge is -2.06. The molecule has 0 aliphatic heterocycles. The number of ketones is 1. The summed E-state index contributed by atoms with van der Waals surface area (Å²) in [5.74, 6) is -1.41. The number of pyridine rings is 1. The normalized spacial score (nSPS) is 11.1. The van der Waals surface area contributed by atoms with Crippen LogP contribution in [0.2, 0.25) is 0 Å². The minimum absolute atomic E-state index is 0.0507. The van der Waals surface area contributed by atoms with Crippen molar-refractivity contribution in [1.29, 1.82) is 0 Å². The first-order valence-electron chi connectivity index (χ1n) is 5.50. The molecule has 19 heavy (non-hydrogen) atoms. The van der Waals surface area contributed by atoms with Crippen molar-refractivity contribution in [3.05, 3.63) is 30.1 Å². The molecule has 0 aliphatic carbocycles. The fourth-order valence-corrected chi connectivity index (χ4v) is 1.26. The molecule has 1 aromatic heterocycles. The highest BCUT2D eigenvalue weighted by molar-refractivity contribution is 5.84. The van der Waals surface area contributed by atoms with Gasteiger partial charge in [0, 0.05) is 18.8 Å². The summed E-state index contributed by atoms with van der Waals surface area (Å²) >= 11 is 0. The van der Waals surface area contributed by atoms with Gasteiger partial charge in [-0.2, -0.15) is 13.2 Å². The van der Waals surface area contributed by atoms with Crippen LogP contribution >= 0.6 is 0 Å². The van der Waals surface area contributed by atoms with E-state index in [2.05, 4.69) is 9.72 Å². The van der Waals surface area contributed by atoms with E-state index in [4.69, 9.17) is 0 Å². The second-order valence-electron chi connectivity index (χ2n) is 3.85. The number of nitrogens with zero attached hydrogens (tertiary/aromatic N) is 1. The Bertz CT molecular complexity index is 432. The molecule has 4 nitrogen and oxygen atoms in total. The first-order valence-corrected chi connectivity index (χ1v) is 5.50. The van der Waals surface area contributed by atoms with Gasteiger partial charge < -0.3 is 4.74 Å². The maximum atomic E-state index is 11.8. The van der Waals surface area contributed by atoms with E-state index >= 15 is 0 Å². The Morgan fingerprint density at radius 2 is 1.84 bits per heavy atom. The monoisotopic (exact) mass is 275 g/mol. The zero-order valence-electron chi connectivity index (χ0n) is 9.94. The number of carbonyl (C=O) groups is 2. The SMILES string of the molecule is O=C(COC(=O)CCC(F)(F)F)Cc1ccncc1. The van der Waals surface area contributed by atoms with Gasteiger partial charge in [-0.3, -0.25) is 14.6 Å². The molecule has 0 fully saturated rings. The van der Waals surface area contributed by atoms with Crippen LogP contribution in [0, 0.1) is 0 Å². The minimum atomic E-state index is -4.40. The van der Waals surface area contributed by atoms with E-state index in [0.29, 0.717) is 5.56 Å². The lowest BCUT2D eigenvalue weighted by atomic mass is 10.1. The molecule has 0 amide bonds. The van der Waals surface area contributed by atoms with Crippen LogP contribution < -0.4 is 0 Å². The van der Waals surface area contributed by atoms with Gasteiger partial charge >= 0.3 is 12.1 Å². The van der Waals surface area contributed by atoms with Gasteiger partial charge in [0.25, 0.3) is 0 Å². The number of esters is 1. The molecule has 0 atom stereocenters. The molecule has 0 aromatic carbocycles. The van der Waals surface area contributed by atoms with Crippen molar-refractivity contribution in [3.8, 4) is 0 Å². The molecule has 0 spiro atoms. The second-order valence-corrected chi connectivity index (χ2v) is 3.85. The molecule has 0 saturated heterocycles. The van der Waals surface area contributed by atoms with E-state index in [-0.39, 0.29) is 12.2 Å². The van der Waals surface area contributed by atoms with Crippen molar-refractivity contribution in [2.45, 2.75) is 25.4 Å². The van der Waals surface area contributed by atoms with E-state index in [1.54, 1.807) is 12.1 Å². The number of hydrogen-bond donors (Lipinski definition) is 0. The highest BCUT2D eigenvalue weighted by Crippen LogP contribution is 2.21. The molecular formula is C12H12F3NO3. The summed E-state index contributed by atoms with van der Waals surface area (Å²) < 4.78 is 39.9. The summed E-state index contributed by atoms with van der Waals surface area (Å²) in [6.07, 6.45) is -3.35. The minimum Gasteiger partial charge on any atom is -0.458 e. The molecule has 104 valence electrons. The number of rotatable bonds is 6. The van der Waals surface area contributed by atoms with Gasteiger partial charge in [0.05, 0.1) is 12.8 Å². The topological polar surface area (TPSA) is 56.3 Å². The molecule has 7 heteroatoms. The number of Topliss-reactive ketones (excluding diaryl/α,β-unsaturated/α-hetero) is 1. The van der Waals surface area contributed by atoms with Crippen molar-refractivity contribution >= 4 is 11.8 Å². The first-order chi connectivity index (χ1) is 8.87. The number of halogens is 3. The van der Waals surface area contributed by atoms with Crippen LogP contribution in [-0.4, -0.2) is 29.5 Å². The Morgan fingerprint density at radius 3 is 2.42 bits per heavy atom. The number of ether oxygens (including phenoxy) is 1. The Labute approximate surface area is 107 Å². The zero-order valence-corrected chi connectivity index (χ0v) is 9.94. The van der Waals surface area contributed by atoms with E-state index in [0.717, 1.165) is 0 Å². The number of carbonyl (C=O) groups excluding carboxylic acids is 2. The van der Waals surface area contributed by atoms with Crippen LogP contribution in [-0.2, 0) is 20.7 Å². The predicted molar refractivity (Wildman–Crippen MR) is 59.2 cm³/mol. The van der Waals surface area contributed by atoms with Gasteiger partial charge in [-0.25, -0.2) is 0 Å². The van der Waals surface area contributed by atoms with E-state index in [1.807, 2.05) is 0 Å². The van der Waals surface area contributed by atoms with E-state index in [9.17, 15) is 22.8 Å². The Kier molecular flexibility index (Phi) is 5.47. The quantitative estimate of drug-likeness (QED) is 0.746. The predicted octanol–water partition coefficient (Wildman–Crippen LogP) is 2.08. The second kappa shape index (κ2) is 6.86. The molecule has 0 aliphatic rings. The van der Waals surface area contributed by atoms with Gasteiger partial charge in [0.1, 0.15) is 6.61 Å². The standard InChI is InChI=1S/C12H12F3NO3/c13-12(14,15)4-1-11(18)19-8-10(17)7-9-2-5-16-6-3-9/h2-3,5-6H,1,4,7-8H2. The third kappa shape index (κ3) is 7.17. The molecule has 0 unspecified atom stereocenters. The molecule has 1 heterocycles. The first kappa shape index (κ1) is 15.1. The summed E-state index contributed by atoms with van der Waals surface area (Å²) in [5, 5.41) is 0. The third-order valence-electron chi connectivity index (χ3n) is 2.16. The Morgan fingerprint density at radius 1 is 1.21 bits per heavy atom. The lowest BCUT2D eigenvalue weighted by molar-refractivity contribution is -0.158. The van der Waals surface area contributed by atoms with E-state index in [1.165, 1.54) is 12.4 Å². The molecule has 0 N–H and O–H groups in total. The summed E-state index contributed by atoms with van der Waals surface area (Å²) in [6, 6.07) is 3.26. The lowest BCUT2D eigenvalue weighted by Crippen LogP contribution is -2.17. The highest BCUT2D eigenvalue weighted by Gasteiger charge is 2.28. The van der Waals surface area contributed by atoms with Crippen LogP contribution in [0.1, 0.15) is 18.4 Å². The van der Waals surface area contributed by atoms with Gasteiger partial charge in [-0.15, -0.1) is 0 Å². The molecular weight excluding hydrogens is 263 g/mol. The van der Waals surface area contributed by atoms with Crippen molar-refractivity contribution in [2.24, 2.45) is 0 Å². The third-order valence-corrected chi connectivity index (χ3v) is 2.16. The van der Waals surface area contributed by atoms with Crippen molar-refractivity contribution in [3.63, 3.8) is 0 Å². The average molecular weight is 275 g/mol. The summed E-state index contributed by atoms with van der Waals surface area (Å²) in [4.78, 5) is 26.1. The van der Waals surface area contributed by atoms with E-state index < -0.39 is 31.6 Å². The highest BCUT2D eigenvalue weighted by atomic mass is 19.4. The number of alkyl halides is 3. The average Bonchev–Trinajstić information content (AvgIpc) is 2.34. The van der Waals surface area contributed by atoms with Crippen molar-refractivity contribution in [1.82, 2.24) is 4.98 Å².